The van der Waals surface area contributed by atoms with Gasteiger partial charge in [-0.05, 0) is 54.1 Å². The number of carbonyl (C=O) groups excluding carboxylic acids is 2. The second kappa shape index (κ2) is 10.0. The lowest BCUT2D eigenvalue weighted by molar-refractivity contribution is -0.384. The third-order valence-electron chi connectivity index (χ3n) is 4.28. The Kier molecular flexibility index (Phi) is 6.95. The Morgan fingerprint density at radius 2 is 1.68 bits per heavy atom. The maximum absolute atomic E-state index is 12.3. The van der Waals surface area contributed by atoms with E-state index in [9.17, 15) is 19.7 Å². The highest BCUT2D eigenvalue weighted by molar-refractivity contribution is 5.92. The van der Waals surface area contributed by atoms with E-state index >= 15 is 0 Å². The number of ether oxygens (including phenoxy) is 2. The maximum atomic E-state index is 12.3. The summed E-state index contributed by atoms with van der Waals surface area (Å²) in [5, 5.41) is 13.4. The lowest BCUT2D eigenvalue weighted by Crippen LogP contribution is -2.10. The first-order chi connectivity index (χ1) is 14.9. The van der Waals surface area contributed by atoms with E-state index in [4.69, 9.17) is 9.47 Å². The third-order valence-corrected chi connectivity index (χ3v) is 4.28. The fraction of sp³-hybridized carbons (Fsp3) is 0.130. The Labute approximate surface area is 178 Å². The SMILES string of the molecule is CCC(=O)Nc1ccc(C(=O)OCc2cccc(Oc3ccc([N+](=O)[O-])cc3)c2)cc1. The molecule has 1 N–H and O–H groups in total. The van der Waals surface area contributed by atoms with E-state index in [1.807, 2.05) is 0 Å². The zero-order chi connectivity index (χ0) is 22.2. The van der Waals surface area contributed by atoms with E-state index < -0.39 is 10.9 Å². The summed E-state index contributed by atoms with van der Waals surface area (Å²) in [6.45, 7) is 1.80. The van der Waals surface area contributed by atoms with Gasteiger partial charge in [-0.2, -0.15) is 0 Å². The van der Waals surface area contributed by atoms with Crippen LogP contribution in [0.3, 0.4) is 0 Å². The topological polar surface area (TPSA) is 108 Å². The predicted molar refractivity (Wildman–Crippen MR) is 114 cm³/mol. The largest absolute Gasteiger partial charge is 0.457 e. The van der Waals surface area contributed by atoms with Gasteiger partial charge in [0.1, 0.15) is 18.1 Å². The van der Waals surface area contributed by atoms with E-state index in [1.54, 1.807) is 55.5 Å². The van der Waals surface area contributed by atoms with Gasteiger partial charge in [0, 0.05) is 24.2 Å². The molecule has 0 aliphatic rings. The average molecular weight is 420 g/mol. The van der Waals surface area contributed by atoms with Crippen molar-refractivity contribution < 1.29 is 24.0 Å². The quantitative estimate of drug-likeness (QED) is 0.309. The zero-order valence-electron chi connectivity index (χ0n) is 16.7. The molecule has 0 saturated carbocycles. The Balaban J connectivity index is 1.57. The van der Waals surface area contributed by atoms with Gasteiger partial charge in [0.05, 0.1) is 10.5 Å². The lowest BCUT2D eigenvalue weighted by Gasteiger charge is -2.09. The van der Waals surface area contributed by atoms with Crippen LogP contribution in [-0.4, -0.2) is 16.8 Å². The van der Waals surface area contributed by atoms with E-state index in [1.165, 1.54) is 24.3 Å². The first kappa shape index (κ1) is 21.5. The molecule has 3 aromatic carbocycles. The molecule has 0 unspecified atom stereocenters. The number of esters is 1. The minimum absolute atomic E-state index is 0.0196. The van der Waals surface area contributed by atoms with Crippen LogP contribution in [-0.2, 0) is 16.1 Å². The highest BCUT2D eigenvalue weighted by Gasteiger charge is 2.09. The van der Waals surface area contributed by atoms with Crippen LogP contribution in [0.15, 0.2) is 72.8 Å². The van der Waals surface area contributed by atoms with Crippen molar-refractivity contribution in [3.63, 3.8) is 0 Å². The monoisotopic (exact) mass is 420 g/mol. The van der Waals surface area contributed by atoms with E-state index in [2.05, 4.69) is 5.32 Å². The zero-order valence-corrected chi connectivity index (χ0v) is 16.7. The summed E-state index contributed by atoms with van der Waals surface area (Å²) >= 11 is 0. The van der Waals surface area contributed by atoms with Crippen LogP contribution in [0.25, 0.3) is 0 Å². The normalized spacial score (nSPS) is 10.2. The van der Waals surface area contributed by atoms with Crippen molar-refractivity contribution in [3.8, 4) is 11.5 Å². The molecule has 8 nitrogen and oxygen atoms in total. The third kappa shape index (κ3) is 6.14. The van der Waals surface area contributed by atoms with Gasteiger partial charge >= 0.3 is 5.97 Å². The second-order valence-corrected chi connectivity index (χ2v) is 6.56. The number of hydrogen-bond donors (Lipinski definition) is 1. The van der Waals surface area contributed by atoms with E-state index in [-0.39, 0.29) is 18.2 Å². The highest BCUT2D eigenvalue weighted by Crippen LogP contribution is 2.25. The molecule has 0 radical (unpaired) electrons. The van der Waals surface area contributed by atoms with Gasteiger partial charge in [-0.15, -0.1) is 0 Å². The molecule has 0 spiro atoms. The van der Waals surface area contributed by atoms with Gasteiger partial charge in [-0.1, -0.05) is 19.1 Å². The second-order valence-electron chi connectivity index (χ2n) is 6.56. The van der Waals surface area contributed by atoms with Gasteiger partial charge in [0.2, 0.25) is 5.91 Å². The van der Waals surface area contributed by atoms with Crippen LogP contribution >= 0.6 is 0 Å². The van der Waals surface area contributed by atoms with Crippen molar-refractivity contribution in [3.05, 3.63) is 94.0 Å². The van der Waals surface area contributed by atoms with E-state index in [0.29, 0.717) is 29.2 Å². The number of nitrogens with one attached hydrogen (secondary N) is 1. The van der Waals surface area contributed by atoms with Gasteiger partial charge in [-0.25, -0.2) is 4.79 Å². The number of anilines is 1. The van der Waals surface area contributed by atoms with Gasteiger partial charge in [0.15, 0.2) is 0 Å². The van der Waals surface area contributed by atoms with Crippen molar-refractivity contribution in [2.75, 3.05) is 5.32 Å². The summed E-state index contributed by atoms with van der Waals surface area (Å²) in [4.78, 5) is 33.9. The molecular weight excluding hydrogens is 400 g/mol. The molecule has 8 heteroatoms. The lowest BCUT2D eigenvalue weighted by atomic mass is 10.2. The number of nitro groups is 1. The number of benzene rings is 3. The van der Waals surface area contributed by atoms with Crippen molar-refractivity contribution in [1.29, 1.82) is 0 Å². The van der Waals surface area contributed by atoms with Crippen LogP contribution in [0.5, 0.6) is 11.5 Å². The van der Waals surface area contributed by atoms with Crippen LogP contribution in [0.2, 0.25) is 0 Å². The molecule has 31 heavy (non-hydrogen) atoms. The molecule has 0 atom stereocenters. The Bertz CT molecular complexity index is 1080. The van der Waals surface area contributed by atoms with Crippen molar-refractivity contribution in [1.82, 2.24) is 0 Å². The van der Waals surface area contributed by atoms with Crippen molar-refractivity contribution in [2.24, 2.45) is 0 Å². The molecule has 3 rings (SSSR count). The molecule has 3 aromatic rings. The molecule has 0 bridgehead atoms. The highest BCUT2D eigenvalue weighted by atomic mass is 16.6. The van der Waals surface area contributed by atoms with Crippen LogP contribution in [0.1, 0.15) is 29.3 Å². The maximum Gasteiger partial charge on any atom is 0.338 e. The first-order valence-corrected chi connectivity index (χ1v) is 9.53. The summed E-state index contributed by atoms with van der Waals surface area (Å²) in [6, 6.07) is 19.2. The van der Waals surface area contributed by atoms with Gasteiger partial charge in [0.25, 0.3) is 5.69 Å². The average Bonchev–Trinajstić information content (AvgIpc) is 2.78. The number of hydrogen-bond acceptors (Lipinski definition) is 6. The summed E-state index contributed by atoms with van der Waals surface area (Å²) in [6.07, 6.45) is 0.372. The van der Waals surface area contributed by atoms with Crippen molar-refractivity contribution in [2.45, 2.75) is 20.0 Å². The standard InChI is InChI=1S/C23H20N2O6/c1-2-22(26)24-18-8-6-17(7-9-18)23(27)30-15-16-4-3-5-21(14-16)31-20-12-10-19(11-13-20)25(28)29/h3-14H,2,15H2,1H3,(H,24,26). The first-order valence-electron chi connectivity index (χ1n) is 9.53. The fourth-order valence-electron chi connectivity index (χ4n) is 2.64. The predicted octanol–water partition coefficient (Wildman–Crippen LogP) is 5.09. The molecule has 158 valence electrons. The van der Waals surface area contributed by atoms with Crippen LogP contribution in [0, 0.1) is 10.1 Å². The Hall–Kier alpha value is -4.20. The summed E-state index contributed by atoms with van der Waals surface area (Å²) in [5.74, 6) is 0.370. The number of amides is 1. The molecule has 0 aliphatic heterocycles. The molecule has 0 aliphatic carbocycles. The summed E-state index contributed by atoms with van der Waals surface area (Å²) in [7, 11) is 0. The van der Waals surface area contributed by atoms with Gasteiger partial charge in [-0.3, -0.25) is 14.9 Å². The van der Waals surface area contributed by atoms with Crippen molar-refractivity contribution >= 4 is 23.3 Å². The number of rotatable bonds is 8. The van der Waals surface area contributed by atoms with Gasteiger partial charge < -0.3 is 14.8 Å². The number of carbonyl (C=O) groups is 2. The van der Waals surface area contributed by atoms with E-state index in [0.717, 1.165) is 5.56 Å². The smallest absolute Gasteiger partial charge is 0.338 e. The van der Waals surface area contributed by atoms with Crippen LogP contribution in [0.4, 0.5) is 11.4 Å². The Morgan fingerprint density at radius 3 is 2.32 bits per heavy atom. The number of nitrogens with zero attached hydrogens (tertiary/aromatic N) is 1. The minimum atomic E-state index is -0.491. The molecular formula is C23H20N2O6. The molecule has 0 saturated heterocycles. The Morgan fingerprint density at radius 1 is 0.968 bits per heavy atom. The number of non-ortho nitro benzene ring substituents is 1. The van der Waals surface area contributed by atoms with Crippen LogP contribution < -0.4 is 10.1 Å². The molecule has 0 heterocycles. The fourth-order valence-corrected chi connectivity index (χ4v) is 2.64. The molecule has 1 amide bonds. The molecule has 0 fully saturated rings. The minimum Gasteiger partial charge on any atom is -0.457 e. The molecule has 0 aromatic heterocycles. The number of nitro benzene ring substituents is 1. The summed E-state index contributed by atoms with van der Waals surface area (Å²) in [5.41, 5.74) is 1.68. The summed E-state index contributed by atoms with van der Waals surface area (Å²) < 4.78 is 11.0.